The highest BCUT2D eigenvalue weighted by Gasteiger charge is 2.29. The topological polar surface area (TPSA) is 102 Å². The Morgan fingerprint density at radius 3 is 2.48 bits per heavy atom. The van der Waals surface area contributed by atoms with Gasteiger partial charge < -0.3 is 11.1 Å². The van der Waals surface area contributed by atoms with Crippen molar-refractivity contribution in [1.29, 1.82) is 0 Å². The van der Waals surface area contributed by atoms with Gasteiger partial charge in [0.25, 0.3) is 0 Å². The quantitative estimate of drug-likeness (QED) is 0.665. The van der Waals surface area contributed by atoms with Gasteiger partial charge in [-0.2, -0.15) is 0 Å². The van der Waals surface area contributed by atoms with Gasteiger partial charge in [-0.1, -0.05) is 0 Å². The second-order valence-corrected chi connectivity index (χ2v) is 7.10. The van der Waals surface area contributed by atoms with E-state index in [4.69, 9.17) is 5.73 Å². The Bertz CT molecular complexity index is 1020. The molecule has 10 heteroatoms. The minimum Gasteiger partial charge on any atom is -0.370 e. The van der Waals surface area contributed by atoms with Crippen molar-refractivity contribution < 1.29 is 12.8 Å². The molecule has 0 radical (unpaired) electrons. The third-order valence-corrected chi connectivity index (χ3v) is 5.39. The first-order chi connectivity index (χ1) is 11.4. The van der Waals surface area contributed by atoms with E-state index in [2.05, 4.69) is 15.4 Å². The van der Waals surface area contributed by atoms with Crippen LogP contribution in [0.1, 0.15) is 11.4 Å². The van der Waals surface area contributed by atoms with Crippen LogP contribution >= 0.6 is 12.4 Å². The molecule has 0 aliphatic heterocycles. The molecule has 0 amide bonds. The number of nitrogens with two attached hydrogens (primary N) is 1. The van der Waals surface area contributed by atoms with E-state index in [0.717, 1.165) is 12.1 Å². The van der Waals surface area contributed by atoms with Gasteiger partial charge in [0.05, 0.1) is 10.6 Å². The molecule has 0 saturated heterocycles. The fraction of sp³-hybridized carbons (Fsp3) is 0.200. The van der Waals surface area contributed by atoms with Crippen molar-refractivity contribution in [3.63, 3.8) is 0 Å². The van der Waals surface area contributed by atoms with Crippen LogP contribution in [0.15, 0.2) is 40.1 Å². The van der Waals surface area contributed by atoms with Crippen molar-refractivity contribution in [2.24, 2.45) is 5.73 Å². The smallest absolute Gasteiger partial charge is 0.214 e. The van der Waals surface area contributed by atoms with Gasteiger partial charge in [0.1, 0.15) is 5.82 Å². The highest BCUT2D eigenvalue weighted by molar-refractivity contribution is 7.91. The van der Waals surface area contributed by atoms with Crippen LogP contribution in [0.3, 0.4) is 0 Å². The summed E-state index contributed by atoms with van der Waals surface area (Å²) in [5.74, 6) is -0.353. The van der Waals surface area contributed by atoms with E-state index in [1.165, 1.54) is 16.6 Å². The summed E-state index contributed by atoms with van der Waals surface area (Å²) in [6.45, 7) is 1.93. The van der Waals surface area contributed by atoms with Gasteiger partial charge in [0.15, 0.2) is 16.4 Å². The number of anilines is 1. The molecule has 3 N–H and O–H groups in total. The maximum atomic E-state index is 13.1. The van der Waals surface area contributed by atoms with E-state index in [1.54, 1.807) is 20.0 Å². The highest BCUT2D eigenvalue weighted by Crippen LogP contribution is 2.31. The number of aryl methyl sites for hydroxylation is 1. The van der Waals surface area contributed by atoms with Gasteiger partial charge in [-0.05, 0) is 37.3 Å². The Hall–Kier alpha value is -2.23. The summed E-state index contributed by atoms with van der Waals surface area (Å²) in [4.78, 5) is 4.22. The summed E-state index contributed by atoms with van der Waals surface area (Å²) in [5.41, 5.74) is 7.17. The Kier molecular flexibility index (Phi) is 5.31. The number of nitrogens with one attached hydrogen (secondary N) is 1. The lowest BCUT2D eigenvalue weighted by atomic mass is 10.3. The zero-order chi connectivity index (χ0) is 17.5. The van der Waals surface area contributed by atoms with Crippen LogP contribution in [0.4, 0.5) is 10.2 Å². The number of aromatic nitrogens is 3. The number of hydrogen-bond acceptors (Lipinski definition) is 6. The summed E-state index contributed by atoms with van der Waals surface area (Å²) in [6, 6.07) is 6.37. The zero-order valence-corrected chi connectivity index (χ0v) is 15.2. The average molecular weight is 386 g/mol. The van der Waals surface area contributed by atoms with Crippen LogP contribution in [0, 0.1) is 12.7 Å². The number of benzene rings is 1. The first-order valence-electron chi connectivity index (χ1n) is 7.16. The van der Waals surface area contributed by atoms with E-state index < -0.39 is 15.7 Å². The summed E-state index contributed by atoms with van der Waals surface area (Å²) >= 11 is 0. The molecule has 2 aromatic heterocycles. The van der Waals surface area contributed by atoms with Gasteiger partial charge in [0, 0.05) is 19.3 Å². The summed E-state index contributed by atoms with van der Waals surface area (Å²) in [6.07, 6.45) is 0. The van der Waals surface area contributed by atoms with Crippen molar-refractivity contribution in [3.05, 3.63) is 47.5 Å². The number of fused-ring (bicyclic) bond motifs is 1. The molecule has 0 bridgehead atoms. The molecule has 25 heavy (non-hydrogen) atoms. The van der Waals surface area contributed by atoms with Crippen molar-refractivity contribution >= 4 is 33.7 Å². The first kappa shape index (κ1) is 19.1. The fourth-order valence-corrected chi connectivity index (χ4v) is 3.98. The average Bonchev–Trinajstić information content (AvgIpc) is 2.93. The number of sulfone groups is 1. The van der Waals surface area contributed by atoms with Crippen LogP contribution in [0.5, 0.6) is 0 Å². The van der Waals surface area contributed by atoms with Gasteiger partial charge in [-0.3, -0.25) is 0 Å². The molecular formula is C15H17ClFN5O2S. The molecule has 0 unspecified atom stereocenters. The summed E-state index contributed by atoms with van der Waals surface area (Å²) in [7, 11) is -2.37. The largest absolute Gasteiger partial charge is 0.370 e. The normalized spacial score (nSPS) is 11.4. The predicted octanol–water partition coefficient (Wildman–Crippen LogP) is 1.93. The number of rotatable bonds is 4. The molecule has 3 rings (SSSR count). The third-order valence-electron chi connectivity index (χ3n) is 3.59. The zero-order valence-electron chi connectivity index (χ0n) is 13.5. The Morgan fingerprint density at radius 2 is 1.92 bits per heavy atom. The Balaban J connectivity index is 0.00000225. The molecule has 1 aromatic carbocycles. The highest BCUT2D eigenvalue weighted by atomic mass is 35.5. The molecular weight excluding hydrogens is 369 g/mol. The second-order valence-electron chi connectivity index (χ2n) is 5.21. The van der Waals surface area contributed by atoms with E-state index in [1.807, 2.05) is 0 Å². The molecule has 0 aliphatic carbocycles. The lowest BCUT2D eigenvalue weighted by molar-refractivity contribution is 0.595. The van der Waals surface area contributed by atoms with E-state index >= 15 is 0 Å². The number of halogens is 2. The maximum Gasteiger partial charge on any atom is 0.214 e. The lowest BCUT2D eigenvalue weighted by Crippen LogP contribution is -2.08. The lowest BCUT2D eigenvalue weighted by Gasteiger charge is -2.06. The fourth-order valence-electron chi connectivity index (χ4n) is 2.48. The molecule has 0 spiro atoms. The van der Waals surface area contributed by atoms with Crippen LogP contribution in [0.2, 0.25) is 0 Å². The molecule has 7 nitrogen and oxygen atoms in total. The monoisotopic (exact) mass is 385 g/mol. The van der Waals surface area contributed by atoms with Gasteiger partial charge in [0.2, 0.25) is 9.84 Å². The molecule has 2 heterocycles. The van der Waals surface area contributed by atoms with E-state index in [0.29, 0.717) is 11.4 Å². The van der Waals surface area contributed by atoms with E-state index in [-0.39, 0.29) is 40.2 Å². The minimum absolute atomic E-state index is 0. The van der Waals surface area contributed by atoms with Gasteiger partial charge >= 0.3 is 0 Å². The first-order valence-corrected chi connectivity index (χ1v) is 8.64. The summed E-state index contributed by atoms with van der Waals surface area (Å²) in [5, 5.41) is 7.04. The molecule has 0 atom stereocenters. The van der Waals surface area contributed by atoms with Gasteiger partial charge in [-0.15, -0.1) is 17.5 Å². The molecule has 0 aliphatic rings. The minimum atomic E-state index is -3.94. The van der Waals surface area contributed by atoms with E-state index in [9.17, 15) is 12.8 Å². The van der Waals surface area contributed by atoms with Crippen molar-refractivity contribution in [2.75, 3.05) is 12.4 Å². The van der Waals surface area contributed by atoms with Crippen molar-refractivity contribution in [3.8, 4) is 0 Å². The van der Waals surface area contributed by atoms with Crippen molar-refractivity contribution in [1.82, 2.24) is 14.6 Å². The number of hydrogen-bond donors (Lipinski definition) is 2. The summed E-state index contributed by atoms with van der Waals surface area (Å²) < 4.78 is 40.6. The molecule has 0 fully saturated rings. The standard InChI is InChI=1S/C15H16FN5O2S.ClH/c1-9-7-11(8-17)21-15(19-9)13(14(18-2)20-21)24(22,23)12-5-3-10(16)4-6-12;/h3-7H,8,17H2,1-2H3,(H,18,20);1H. The molecule has 134 valence electrons. The van der Waals surface area contributed by atoms with Gasteiger partial charge in [-0.25, -0.2) is 22.3 Å². The van der Waals surface area contributed by atoms with Crippen molar-refractivity contribution in [2.45, 2.75) is 23.3 Å². The third kappa shape index (κ3) is 3.17. The Morgan fingerprint density at radius 1 is 1.28 bits per heavy atom. The maximum absolute atomic E-state index is 13.1. The second kappa shape index (κ2) is 6.95. The van der Waals surface area contributed by atoms with Crippen LogP contribution in [0.25, 0.3) is 5.65 Å². The number of nitrogens with zero attached hydrogens (tertiary/aromatic N) is 3. The molecule has 3 aromatic rings. The Labute approximate surface area is 150 Å². The SMILES string of the molecule is CNc1nn2c(CN)cc(C)nc2c1S(=O)(=O)c1ccc(F)cc1.Cl. The van der Waals surface area contributed by atoms with Crippen LogP contribution < -0.4 is 11.1 Å². The van der Waals surface area contributed by atoms with Crippen LogP contribution in [-0.2, 0) is 16.4 Å². The predicted molar refractivity (Wildman–Crippen MR) is 94.3 cm³/mol. The molecule has 0 saturated carbocycles. The van der Waals surface area contributed by atoms with Crippen LogP contribution in [-0.4, -0.2) is 30.1 Å².